The maximum atomic E-state index is 10.2. The van der Waals surface area contributed by atoms with Gasteiger partial charge in [-0.15, -0.1) is 0 Å². The van der Waals surface area contributed by atoms with Crippen molar-refractivity contribution in [1.82, 2.24) is 0 Å². The van der Waals surface area contributed by atoms with Gasteiger partial charge in [0.25, 0.3) is 0 Å². The van der Waals surface area contributed by atoms with Gasteiger partial charge in [-0.1, -0.05) is 0 Å². The molecule has 1 heterocycles. The number of nitrogens with two attached hydrogens (primary N) is 2. The van der Waals surface area contributed by atoms with Gasteiger partial charge in [-0.2, -0.15) is 0 Å². The molecule has 44 valence electrons. The second kappa shape index (κ2) is 1.48. The van der Waals surface area contributed by atoms with Crippen LogP contribution in [0.25, 0.3) is 0 Å². The number of ether oxygens (including phenoxy) is 1. The molecule has 0 aromatic rings. The summed E-state index contributed by atoms with van der Waals surface area (Å²) in [5.74, 6) is -0.0586. The van der Waals surface area contributed by atoms with Crippen LogP contribution in [0.15, 0.2) is 12.0 Å². The van der Waals surface area contributed by atoms with Gasteiger partial charge in [0, 0.05) is 6.20 Å². The van der Waals surface area contributed by atoms with E-state index in [1.807, 2.05) is 0 Å². The quantitative estimate of drug-likeness (QED) is 0.382. The van der Waals surface area contributed by atoms with Crippen LogP contribution in [-0.2, 0) is 9.53 Å². The van der Waals surface area contributed by atoms with Crippen LogP contribution in [0.3, 0.4) is 0 Å². The van der Waals surface area contributed by atoms with Gasteiger partial charge in [0.2, 0.25) is 0 Å². The molecule has 0 aliphatic carbocycles. The summed E-state index contributed by atoms with van der Waals surface area (Å²) < 4.78 is 4.37. The molecular formula is C4H6N2O2. The minimum atomic E-state index is -0.611. The Balaban J connectivity index is 2.60. The molecule has 0 saturated carbocycles. The average Bonchev–Trinajstić information content (AvgIpc) is 1.81. The lowest BCUT2D eigenvalue weighted by atomic mass is 10.2. The predicted octanol–water partition coefficient (Wildman–Crippen LogP) is -1.33. The third kappa shape index (κ3) is 0.466. The van der Waals surface area contributed by atoms with Crippen LogP contribution < -0.4 is 11.5 Å². The van der Waals surface area contributed by atoms with Crippen molar-refractivity contribution in [3.8, 4) is 0 Å². The Hall–Kier alpha value is -1.03. The number of hydrogen-bond donors (Lipinski definition) is 2. The summed E-state index contributed by atoms with van der Waals surface area (Å²) in [6.07, 6.45) is 1.19. The van der Waals surface area contributed by atoms with E-state index in [1.165, 1.54) is 6.20 Å². The zero-order chi connectivity index (χ0) is 6.15. The predicted molar refractivity (Wildman–Crippen MR) is 26.3 cm³/mol. The van der Waals surface area contributed by atoms with Gasteiger partial charge >= 0.3 is 5.97 Å². The van der Waals surface area contributed by atoms with Crippen molar-refractivity contribution in [3.63, 3.8) is 0 Å². The lowest BCUT2D eigenvalue weighted by molar-refractivity contribution is -0.151. The zero-order valence-corrected chi connectivity index (χ0v) is 4.13. The number of hydrogen-bond acceptors (Lipinski definition) is 4. The molecule has 4 heteroatoms. The minimum absolute atomic E-state index is 0.356. The van der Waals surface area contributed by atoms with Crippen LogP contribution in [0.4, 0.5) is 0 Å². The lowest BCUT2D eigenvalue weighted by Gasteiger charge is -2.22. The maximum Gasteiger partial charge on any atom is 0.336 e. The Morgan fingerprint density at radius 3 is 2.50 bits per heavy atom. The van der Waals surface area contributed by atoms with Gasteiger partial charge in [-0.05, 0) is 0 Å². The van der Waals surface area contributed by atoms with E-state index >= 15 is 0 Å². The molecule has 1 fully saturated rings. The maximum absolute atomic E-state index is 10.2. The Morgan fingerprint density at radius 1 is 1.75 bits per heavy atom. The van der Waals surface area contributed by atoms with Crippen LogP contribution in [0.2, 0.25) is 0 Å². The molecular weight excluding hydrogens is 108 g/mol. The Morgan fingerprint density at radius 2 is 2.38 bits per heavy atom. The smallest absolute Gasteiger partial charge is 0.336 e. The molecule has 1 aliphatic heterocycles. The van der Waals surface area contributed by atoms with E-state index in [2.05, 4.69) is 4.74 Å². The second-order valence-corrected chi connectivity index (χ2v) is 1.47. The first kappa shape index (κ1) is 5.11. The molecule has 4 N–H and O–H groups in total. The van der Waals surface area contributed by atoms with E-state index in [0.29, 0.717) is 5.76 Å². The highest BCUT2D eigenvalue weighted by atomic mass is 16.6. The van der Waals surface area contributed by atoms with E-state index < -0.39 is 12.0 Å². The first-order valence-corrected chi connectivity index (χ1v) is 2.15. The van der Waals surface area contributed by atoms with E-state index in [9.17, 15) is 4.79 Å². The molecule has 1 aliphatic rings. The fourth-order valence-corrected chi connectivity index (χ4v) is 0.439. The normalized spacial score (nSPS) is 31.9. The van der Waals surface area contributed by atoms with Crippen LogP contribution >= 0.6 is 0 Å². The molecule has 1 rings (SSSR count). The summed E-state index contributed by atoms with van der Waals surface area (Å²) in [5, 5.41) is 0. The van der Waals surface area contributed by atoms with Crippen molar-refractivity contribution in [2.75, 3.05) is 0 Å². The third-order valence-corrected chi connectivity index (χ3v) is 0.943. The van der Waals surface area contributed by atoms with Crippen LogP contribution in [-0.4, -0.2) is 12.0 Å². The molecule has 8 heavy (non-hydrogen) atoms. The van der Waals surface area contributed by atoms with Gasteiger partial charge < -0.3 is 16.2 Å². The first-order valence-electron chi connectivity index (χ1n) is 2.15. The van der Waals surface area contributed by atoms with E-state index in [0.717, 1.165) is 0 Å². The molecule has 0 spiro atoms. The molecule has 4 nitrogen and oxygen atoms in total. The molecule has 0 aromatic carbocycles. The SMILES string of the molecule is N/C=C1\OC(=O)C1N. The topological polar surface area (TPSA) is 78.3 Å². The molecule has 1 unspecified atom stereocenters. The fraction of sp³-hybridized carbons (Fsp3) is 0.250. The lowest BCUT2D eigenvalue weighted by Crippen LogP contribution is -2.45. The van der Waals surface area contributed by atoms with Gasteiger partial charge in [0.15, 0.2) is 11.8 Å². The summed E-state index contributed by atoms with van der Waals surface area (Å²) >= 11 is 0. The van der Waals surface area contributed by atoms with E-state index in [4.69, 9.17) is 11.5 Å². The van der Waals surface area contributed by atoms with Gasteiger partial charge in [0.1, 0.15) is 0 Å². The van der Waals surface area contributed by atoms with E-state index in [1.54, 1.807) is 0 Å². The number of rotatable bonds is 0. The van der Waals surface area contributed by atoms with Gasteiger partial charge in [-0.25, -0.2) is 4.79 Å². The molecule has 0 aromatic heterocycles. The molecule has 1 atom stereocenters. The largest absolute Gasteiger partial charge is 0.426 e. The van der Waals surface area contributed by atoms with Crippen molar-refractivity contribution in [2.45, 2.75) is 6.04 Å². The highest BCUT2D eigenvalue weighted by molar-refractivity contribution is 5.86. The van der Waals surface area contributed by atoms with Crippen LogP contribution in [0, 0.1) is 0 Å². The number of esters is 1. The molecule has 0 bridgehead atoms. The highest BCUT2D eigenvalue weighted by Gasteiger charge is 2.33. The van der Waals surface area contributed by atoms with Crippen molar-refractivity contribution in [1.29, 1.82) is 0 Å². The van der Waals surface area contributed by atoms with E-state index in [-0.39, 0.29) is 0 Å². The van der Waals surface area contributed by atoms with Crippen molar-refractivity contribution in [2.24, 2.45) is 11.5 Å². The minimum Gasteiger partial charge on any atom is -0.426 e. The Bertz CT molecular complexity index is 152. The van der Waals surface area contributed by atoms with Crippen LogP contribution in [0.5, 0.6) is 0 Å². The third-order valence-electron chi connectivity index (χ3n) is 0.943. The fourth-order valence-electron chi connectivity index (χ4n) is 0.439. The zero-order valence-electron chi connectivity index (χ0n) is 4.13. The van der Waals surface area contributed by atoms with Crippen LogP contribution in [0.1, 0.15) is 0 Å². The van der Waals surface area contributed by atoms with Gasteiger partial charge in [-0.3, -0.25) is 0 Å². The first-order chi connectivity index (χ1) is 3.75. The standard InChI is InChI=1S/C4H6N2O2/c5-1-2-3(6)4(7)8-2/h1,3H,5-6H2/b2-1-. The van der Waals surface area contributed by atoms with Crippen molar-refractivity contribution in [3.05, 3.63) is 12.0 Å². The summed E-state index contributed by atoms with van der Waals surface area (Å²) in [6.45, 7) is 0. The number of carbonyl (C=O) groups excluding carboxylic acids is 1. The number of cyclic esters (lactones) is 1. The van der Waals surface area contributed by atoms with Gasteiger partial charge in [0.05, 0.1) is 0 Å². The monoisotopic (exact) mass is 114 g/mol. The molecule has 1 saturated heterocycles. The Kier molecular flexibility index (Phi) is 0.948. The summed E-state index contributed by atoms with van der Waals surface area (Å²) in [4.78, 5) is 10.2. The number of carbonyl (C=O) groups is 1. The Labute approximate surface area is 46.1 Å². The summed E-state index contributed by atoms with van der Waals surface area (Å²) in [6, 6.07) is -0.611. The molecule has 0 radical (unpaired) electrons. The summed E-state index contributed by atoms with van der Waals surface area (Å²) in [5.41, 5.74) is 10.1. The average molecular weight is 114 g/mol. The second-order valence-electron chi connectivity index (χ2n) is 1.47. The highest BCUT2D eigenvalue weighted by Crippen LogP contribution is 2.13. The summed E-state index contributed by atoms with van der Waals surface area (Å²) in [7, 11) is 0. The molecule has 0 amide bonds. The van der Waals surface area contributed by atoms with Crippen molar-refractivity contribution >= 4 is 5.97 Å². The van der Waals surface area contributed by atoms with Crippen molar-refractivity contribution < 1.29 is 9.53 Å².